The number of sulfonamides is 1. The largest absolute Gasteiger partial charge is 0.311 e. The van der Waals surface area contributed by atoms with Crippen LogP contribution in [0.15, 0.2) is 28.0 Å². The summed E-state index contributed by atoms with van der Waals surface area (Å²) in [5.41, 5.74) is 0.698. The summed E-state index contributed by atoms with van der Waals surface area (Å²) in [6.45, 7) is 4.45. The third kappa shape index (κ3) is 3.78. The van der Waals surface area contributed by atoms with Gasteiger partial charge in [-0.2, -0.15) is 0 Å². The summed E-state index contributed by atoms with van der Waals surface area (Å²) in [7, 11) is -3.51. The molecule has 0 unspecified atom stereocenters. The highest BCUT2D eigenvalue weighted by Gasteiger charge is 2.22. The summed E-state index contributed by atoms with van der Waals surface area (Å²) in [5, 5.41) is 0. The Hall–Kier alpha value is -1.05. The molecule has 2 rings (SSSR count). The number of carbonyl (C=O) groups is 1. The van der Waals surface area contributed by atoms with Crippen molar-refractivity contribution in [3.05, 3.63) is 18.2 Å². The van der Waals surface area contributed by atoms with Crippen LogP contribution in [0.3, 0.4) is 0 Å². The van der Waals surface area contributed by atoms with Crippen LogP contribution in [0.2, 0.25) is 0 Å². The molecular formula is C14H20N2O3S2. The van der Waals surface area contributed by atoms with Gasteiger partial charge in [0.05, 0.1) is 10.6 Å². The smallest absolute Gasteiger partial charge is 0.240 e. The van der Waals surface area contributed by atoms with Crippen molar-refractivity contribution in [3.8, 4) is 0 Å². The Morgan fingerprint density at radius 2 is 2.19 bits per heavy atom. The van der Waals surface area contributed by atoms with Crippen LogP contribution >= 0.6 is 11.8 Å². The van der Waals surface area contributed by atoms with Crippen LogP contribution in [0.1, 0.15) is 26.7 Å². The molecule has 1 aliphatic heterocycles. The van der Waals surface area contributed by atoms with E-state index in [-0.39, 0.29) is 10.8 Å². The Balaban J connectivity index is 2.42. The molecule has 0 aromatic heterocycles. The summed E-state index contributed by atoms with van der Waals surface area (Å²) in [6.07, 6.45) is 1.63. The molecule has 0 atom stereocenters. The van der Waals surface area contributed by atoms with E-state index in [9.17, 15) is 13.2 Å². The molecule has 1 N–H and O–H groups in total. The maximum absolute atomic E-state index is 12.2. The molecule has 21 heavy (non-hydrogen) atoms. The first kappa shape index (κ1) is 16.3. The zero-order chi connectivity index (χ0) is 15.5. The molecular weight excluding hydrogens is 308 g/mol. The van der Waals surface area contributed by atoms with Gasteiger partial charge in [-0.3, -0.25) is 4.79 Å². The molecule has 0 aliphatic carbocycles. The summed E-state index contributed by atoms with van der Waals surface area (Å²) < 4.78 is 27.0. The van der Waals surface area contributed by atoms with Crippen LogP contribution in [0.4, 0.5) is 5.69 Å². The lowest BCUT2D eigenvalue weighted by Crippen LogP contribution is -2.30. The Morgan fingerprint density at radius 1 is 1.43 bits per heavy atom. The number of benzene rings is 1. The van der Waals surface area contributed by atoms with E-state index in [0.29, 0.717) is 18.8 Å². The molecule has 7 heteroatoms. The number of nitrogens with one attached hydrogen (secondary N) is 1. The van der Waals surface area contributed by atoms with Crippen LogP contribution in [0.25, 0.3) is 0 Å². The number of thioether (sulfide) groups is 1. The summed E-state index contributed by atoms with van der Waals surface area (Å²) >= 11 is 1.66. The minimum absolute atomic E-state index is 0.0604. The van der Waals surface area contributed by atoms with Gasteiger partial charge in [-0.15, -0.1) is 11.8 Å². The van der Waals surface area contributed by atoms with Gasteiger partial charge in [-0.25, -0.2) is 13.1 Å². The molecule has 5 nitrogen and oxygen atoms in total. The number of hydrogen-bond acceptors (Lipinski definition) is 4. The van der Waals surface area contributed by atoms with Crippen molar-refractivity contribution in [1.29, 1.82) is 0 Å². The van der Waals surface area contributed by atoms with E-state index in [4.69, 9.17) is 0 Å². The van der Waals surface area contributed by atoms with Crippen molar-refractivity contribution in [2.75, 3.05) is 23.7 Å². The number of fused-ring (bicyclic) bond motifs is 1. The lowest BCUT2D eigenvalue weighted by Gasteiger charge is -2.21. The molecule has 1 aromatic rings. The minimum atomic E-state index is -3.51. The highest BCUT2D eigenvalue weighted by molar-refractivity contribution is 7.99. The number of anilines is 1. The first-order chi connectivity index (χ1) is 9.95. The number of amides is 1. The molecule has 1 amide bonds. The van der Waals surface area contributed by atoms with Gasteiger partial charge in [-0.05, 0) is 36.8 Å². The SMILES string of the molecule is CCCNS(=O)(=O)c1ccc2c(c1)N(C(C)=O)CCCS2. The fourth-order valence-electron chi connectivity index (χ4n) is 2.17. The third-order valence-corrected chi connectivity index (χ3v) is 5.85. The summed E-state index contributed by atoms with van der Waals surface area (Å²) in [4.78, 5) is 14.6. The quantitative estimate of drug-likeness (QED) is 0.920. The fraction of sp³-hybridized carbons (Fsp3) is 0.500. The van der Waals surface area contributed by atoms with Crippen molar-refractivity contribution < 1.29 is 13.2 Å². The molecule has 0 radical (unpaired) electrons. The molecule has 0 spiro atoms. The topological polar surface area (TPSA) is 66.5 Å². The Labute approximate surface area is 130 Å². The highest BCUT2D eigenvalue weighted by atomic mass is 32.2. The average Bonchev–Trinajstić information content (AvgIpc) is 2.66. The maximum Gasteiger partial charge on any atom is 0.240 e. The summed E-state index contributed by atoms with van der Waals surface area (Å²) in [5.74, 6) is 0.867. The summed E-state index contributed by atoms with van der Waals surface area (Å²) in [6, 6.07) is 5.00. The van der Waals surface area contributed by atoms with Gasteiger partial charge in [0.1, 0.15) is 0 Å². The first-order valence-corrected chi connectivity index (χ1v) is 9.47. The van der Waals surface area contributed by atoms with Crippen molar-refractivity contribution in [2.24, 2.45) is 0 Å². The zero-order valence-electron chi connectivity index (χ0n) is 12.3. The van der Waals surface area contributed by atoms with Crippen LogP contribution in [0, 0.1) is 0 Å². The molecule has 1 heterocycles. The maximum atomic E-state index is 12.2. The van der Waals surface area contributed by atoms with Crippen LogP contribution < -0.4 is 9.62 Å². The number of carbonyl (C=O) groups excluding carboxylic acids is 1. The molecule has 0 saturated heterocycles. The normalized spacial score (nSPS) is 15.4. The van der Waals surface area contributed by atoms with Gasteiger partial charge in [-0.1, -0.05) is 6.92 Å². The Kier molecular flexibility index (Phi) is 5.29. The predicted octanol–water partition coefficient (Wildman–Crippen LogP) is 2.22. The van der Waals surface area contributed by atoms with Gasteiger partial charge in [0, 0.05) is 24.9 Å². The monoisotopic (exact) mass is 328 g/mol. The zero-order valence-corrected chi connectivity index (χ0v) is 13.9. The Bertz CT molecular complexity index is 629. The van der Waals surface area contributed by atoms with E-state index < -0.39 is 10.0 Å². The van der Waals surface area contributed by atoms with Gasteiger partial charge in [0.2, 0.25) is 15.9 Å². The second kappa shape index (κ2) is 6.81. The number of nitrogens with zero attached hydrogens (tertiary/aromatic N) is 1. The fourth-order valence-corrected chi connectivity index (χ4v) is 4.30. The second-order valence-corrected chi connectivity index (χ2v) is 7.80. The lowest BCUT2D eigenvalue weighted by atomic mass is 10.2. The lowest BCUT2D eigenvalue weighted by molar-refractivity contribution is -0.116. The molecule has 0 saturated carbocycles. The van der Waals surface area contributed by atoms with Crippen LogP contribution in [-0.2, 0) is 14.8 Å². The predicted molar refractivity (Wildman–Crippen MR) is 85.3 cm³/mol. The molecule has 0 bridgehead atoms. The average molecular weight is 328 g/mol. The van der Waals surface area contributed by atoms with E-state index in [1.165, 1.54) is 6.92 Å². The van der Waals surface area contributed by atoms with E-state index in [1.54, 1.807) is 34.9 Å². The van der Waals surface area contributed by atoms with E-state index in [2.05, 4.69) is 4.72 Å². The van der Waals surface area contributed by atoms with Gasteiger partial charge in [0.15, 0.2) is 0 Å². The first-order valence-electron chi connectivity index (χ1n) is 7.00. The molecule has 1 aliphatic rings. The molecule has 0 fully saturated rings. The highest BCUT2D eigenvalue weighted by Crippen LogP contribution is 2.35. The minimum Gasteiger partial charge on any atom is -0.311 e. The standard InChI is InChI=1S/C14H20N2O3S2/c1-3-7-15-21(18,19)12-5-6-14-13(10-12)16(11(2)17)8-4-9-20-14/h5-6,10,15H,3-4,7-9H2,1-2H3. The number of rotatable bonds is 4. The van der Waals surface area contributed by atoms with Crippen LogP contribution in [0.5, 0.6) is 0 Å². The number of hydrogen-bond donors (Lipinski definition) is 1. The van der Waals surface area contributed by atoms with Gasteiger partial charge < -0.3 is 4.90 Å². The van der Waals surface area contributed by atoms with E-state index in [1.807, 2.05) is 6.92 Å². The van der Waals surface area contributed by atoms with E-state index >= 15 is 0 Å². The van der Waals surface area contributed by atoms with Crippen molar-refractivity contribution >= 4 is 33.4 Å². The van der Waals surface area contributed by atoms with Gasteiger partial charge in [0.25, 0.3) is 0 Å². The van der Waals surface area contributed by atoms with Crippen molar-refractivity contribution in [1.82, 2.24) is 4.72 Å². The van der Waals surface area contributed by atoms with Crippen molar-refractivity contribution in [2.45, 2.75) is 36.5 Å². The van der Waals surface area contributed by atoms with Gasteiger partial charge >= 0.3 is 0 Å². The van der Waals surface area contributed by atoms with E-state index in [0.717, 1.165) is 23.5 Å². The molecule has 116 valence electrons. The molecule has 1 aromatic carbocycles. The third-order valence-electron chi connectivity index (χ3n) is 3.24. The second-order valence-electron chi connectivity index (χ2n) is 4.90. The van der Waals surface area contributed by atoms with Crippen molar-refractivity contribution in [3.63, 3.8) is 0 Å². The Morgan fingerprint density at radius 3 is 2.86 bits per heavy atom. The van der Waals surface area contributed by atoms with Crippen LogP contribution in [-0.4, -0.2) is 33.2 Å².